The number of ether oxygens (including phenoxy) is 1. The first-order valence-electron chi connectivity index (χ1n) is 11.4. The van der Waals surface area contributed by atoms with Gasteiger partial charge in [-0.2, -0.15) is 0 Å². The number of carbonyl (C=O) groups is 1. The van der Waals surface area contributed by atoms with Crippen molar-refractivity contribution in [2.24, 2.45) is 0 Å². The van der Waals surface area contributed by atoms with Crippen LogP contribution >= 0.6 is 23.2 Å². The second-order valence-corrected chi connectivity index (χ2v) is 10.9. The van der Waals surface area contributed by atoms with E-state index in [9.17, 15) is 13.2 Å². The van der Waals surface area contributed by atoms with E-state index < -0.39 is 22.5 Å². The predicted octanol–water partition coefficient (Wildman–Crippen LogP) is 6.75. The Balaban J connectivity index is 1.74. The number of pyridine rings is 1. The molecule has 1 heterocycles. The van der Waals surface area contributed by atoms with E-state index >= 15 is 0 Å². The van der Waals surface area contributed by atoms with Gasteiger partial charge in [0.25, 0.3) is 10.0 Å². The molecule has 4 aromatic rings. The molecule has 0 bridgehead atoms. The van der Waals surface area contributed by atoms with Gasteiger partial charge in [0.1, 0.15) is 6.54 Å². The standard InChI is InChI=1S/C27H24Cl2N2O4S/c1-2-3-11-35-27(32)18-31(36(33,34)26-15-23(28)14-24(29)16-26)25-9-8-19-12-20(6-7-21(19)13-25)22-5-4-10-30-17-22/h4-10,12-17H,2-3,11,18H2,1H3. The van der Waals surface area contributed by atoms with Crippen molar-refractivity contribution >= 4 is 55.7 Å². The van der Waals surface area contributed by atoms with Crippen molar-refractivity contribution in [3.05, 3.63) is 89.2 Å². The number of esters is 1. The van der Waals surface area contributed by atoms with Crippen molar-refractivity contribution in [1.29, 1.82) is 0 Å². The minimum absolute atomic E-state index is 0.117. The molecule has 0 unspecified atom stereocenters. The molecule has 0 aliphatic rings. The van der Waals surface area contributed by atoms with Crippen LogP contribution in [0.5, 0.6) is 0 Å². The van der Waals surface area contributed by atoms with Gasteiger partial charge in [0.05, 0.1) is 17.2 Å². The van der Waals surface area contributed by atoms with Crippen molar-refractivity contribution in [2.75, 3.05) is 17.5 Å². The summed E-state index contributed by atoms with van der Waals surface area (Å²) < 4.78 is 33.6. The molecule has 36 heavy (non-hydrogen) atoms. The zero-order valence-electron chi connectivity index (χ0n) is 19.5. The molecule has 0 fully saturated rings. The number of unbranched alkanes of at least 4 members (excludes halogenated alkanes) is 1. The largest absolute Gasteiger partial charge is 0.464 e. The van der Waals surface area contributed by atoms with E-state index in [2.05, 4.69) is 4.98 Å². The fourth-order valence-electron chi connectivity index (χ4n) is 3.71. The SMILES string of the molecule is CCCCOC(=O)CN(c1ccc2cc(-c3cccnc3)ccc2c1)S(=O)(=O)c1cc(Cl)cc(Cl)c1. The highest BCUT2D eigenvalue weighted by atomic mass is 35.5. The Bertz CT molecular complexity index is 1470. The number of benzene rings is 3. The number of hydrogen-bond acceptors (Lipinski definition) is 5. The number of sulfonamides is 1. The first kappa shape index (κ1) is 25.9. The minimum atomic E-state index is -4.19. The molecule has 0 spiro atoms. The quantitative estimate of drug-likeness (QED) is 0.173. The molecule has 4 rings (SSSR count). The van der Waals surface area contributed by atoms with Crippen molar-refractivity contribution in [1.82, 2.24) is 4.98 Å². The Morgan fingerprint density at radius 2 is 1.67 bits per heavy atom. The van der Waals surface area contributed by atoms with Crippen LogP contribution in [-0.2, 0) is 19.6 Å². The number of aromatic nitrogens is 1. The maximum absolute atomic E-state index is 13.7. The molecule has 0 saturated carbocycles. The van der Waals surface area contributed by atoms with Gasteiger partial charge in [0.2, 0.25) is 0 Å². The zero-order valence-corrected chi connectivity index (χ0v) is 21.9. The van der Waals surface area contributed by atoms with Crippen molar-refractivity contribution < 1.29 is 17.9 Å². The number of anilines is 1. The summed E-state index contributed by atoms with van der Waals surface area (Å²) in [5.41, 5.74) is 2.28. The third-order valence-corrected chi connectivity index (χ3v) is 7.75. The summed E-state index contributed by atoms with van der Waals surface area (Å²) in [7, 11) is -4.19. The van der Waals surface area contributed by atoms with Gasteiger partial charge >= 0.3 is 5.97 Å². The molecule has 1 aromatic heterocycles. The summed E-state index contributed by atoms with van der Waals surface area (Å²) in [6.45, 7) is 1.71. The molecule has 0 amide bonds. The molecule has 3 aromatic carbocycles. The average molecular weight is 543 g/mol. The van der Waals surface area contributed by atoms with Gasteiger partial charge in [-0.3, -0.25) is 14.1 Å². The van der Waals surface area contributed by atoms with Crippen LogP contribution in [0.2, 0.25) is 10.0 Å². The van der Waals surface area contributed by atoms with Crippen molar-refractivity contribution in [3.8, 4) is 11.1 Å². The van der Waals surface area contributed by atoms with Gasteiger partial charge in [-0.05, 0) is 65.2 Å². The average Bonchev–Trinajstić information content (AvgIpc) is 2.86. The molecule has 0 aliphatic carbocycles. The van der Waals surface area contributed by atoms with Crippen LogP contribution in [-0.4, -0.2) is 32.5 Å². The van der Waals surface area contributed by atoms with Gasteiger partial charge in [-0.25, -0.2) is 8.42 Å². The fraction of sp³-hybridized carbons (Fsp3) is 0.185. The van der Waals surface area contributed by atoms with Crippen LogP contribution < -0.4 is 4.31 Å². The number of carbonyl (C=O) groups excluding carboxylic acids is 1. The molecule has 9 heteroatoms. The number of halogens is 2. The van der Waals surface area contributed by atoms with E-state index in [0.717, 1.165) is 32.6 Å². The highest BCUT2D eigenvalue weighted by Crippen LogP contribution is 2.31. The van der Waals surface area contributed by atoms with Crippen LogP contribution in [0, 0.1) is 0 Å². The first-order chi connectivity index (χ1) is 17.3. The Hall–Kier alpha value is -3.13. The van der Waals surface area contributed by atoms with Gasteiger partial charge in [0.15, 0.2) is 0 Å². The van der Waals surface area contributed by atoms with Gasteiger partial charge in [0, 0.05) is 28.0 Å². The Morgan fingerprint density at radius 1 is 0.944 bits per heavy atom. The fourth-order valence-corrected chi connectivity index (χ4v) is 5.84. The van der Waals surface area contributed by atoms with Crippen molar-refractivity contribution in [2.45, 2.75) is 24.7 Å². The molecule has 0 aliphatic heterocycles. The molecule has 186 valence electrons. The summed E-state index contributed by atoms with van der Waals surface area (Å²) in [4.78, 5) is 16.6. The lowest BCUT2D eigenvalue weighted by molar-refractivity contribution is -0.141. The molecular formula is C27H24Cl2N2O4S. The van der Waals surface area contributed by atoms with Crippen LogP contribution in [0.1, 0.15) is 19.8 Å². The molecular weight excluding hydrogens is 519 g/mol. The van der Waals surface area contributed by atoms with Crippen LogP contribution in [0.4, 0.5) is 5.69 Å². The lowest BCUT2D eigenvalue weighted by Crippen LogP contribution is -2.36. The van der Waals surface area contributed by atoms with Gasteiger partial charge < -0.3 is 4.74 Å². The zero-order chi connectivity index (χ0) is 25.7. The Morgan fingerprint density at radius 3 is 2.36 bits per heavy atom. The maximum atomic E-state index is 13.7. The normalized spacial score (nSPS) is 11.4. The number of nitrogens with zero attached hydrogens (tertiary/aromatic N) is 2. The Kier molecular flexibility index (Phi) is 8.14. The monoisotopic (exact) mass is 542 g/mol. The van der Waals surface area contributed by atoms with Crippen molar-refractivity contribution in [3.63, 3.8) is 0 Å². The van der Waals surface area contributed by atoms with E-state index in [1.165, 1.54) is 18.2 Å². The summed E-state index contributed by atoms with van der Waals surface area (Å²) in [6, 6.07) is 19.0. The molecule has 0 atom stereocenters. The highest BCUT2D eigenvalue weighted by molar-refractivity contribution is 7.92. The third-order valence-electron chi connectivity index (χ3n) is 5.56. The second kappa shape index (κ2) is 11.3. The Labute approximate surface area is 220 Å². The van der Waals surface area contributed by atoms with E-state index in [1.54, 1.807) is 24.5 Å². The topological polar surface area (TPSA) is 76.6 Å². The molecule has 0 radical (unpaired) electrons. The lowest BCUT2D eigenvalue weighted by atomic mass is 10.0. The van der Waals surface area contributed by atoms with Gasteiger partial charge in [-0.1, -0.05) is 60.8 Å². The summed E-state index contributed by atoms with van der Waals surface area (Å²) in [5.74, 6) is -0.646. The molecule has 6 nitrogen and oxygen atoms in total. The van der Waals surface area contributed by atoms with Crippen LogP contribution in [0.3, 0.4) is 0 Å². The highest BCUT2D eigenvalue weighted by Gasteiger charge is 2.29. The number of hydrogen-bond donors (Lipinski definition) is 0. The van der Waals surface area contributed by atoms with Gasteiger partial charge in [-0.15, -0.1) is 0 Å². The van der Waals surface area contributed by atoms with Crippen LogP contribution in [0.15, 0.2) is 84.0 Å². The van der Waals surface area contributed by atoms with E-state index in [-0.39, 0.29) is 21.5 Å². The summed E-state index contributed by atoms with van der Waals surface area (Å²) in [5, 5.41) is 2.07. The lowest BCUT2D eigenvalue weighted by Gasteiger charge is -2.24. The second-order valence-electron chi connectivity index (χ2n) is 8.18. The van der Waals surface area contributed by atoms with E-state index in [0.29, 0.717) is 12.1 Å². The number of rotatable bonds is 9. The maximum Gasteiger partial charge on any atom is 0.326 e. The minimum Gasteiger partial charge on any atom is -0.464 e. The summed E-state index contributed by atoms with van der Waals surface area (Å²) >= 11 is 12.2. The number of fused-ring (bicyclic) bond motifs is 1. The van der Waals surface area contributed by atoms with Crippen LogP contribution in [0.25, 0.3) is 21.9 Å². The predicted molar refractivity (Wildman–Crippen MR) is 144 cm³/mol. The smallest absolute Gasteiger partial charge is 0.326 e. The van der Waals surface area contributed by atoms with E-state index in [1.807, 2.05) is 43.3 Å². The first-order valence-corrected chi connectivity index (χ1v) is 13.6. The molecule has 0 saturated heterocycles. The van der Waals surface area contributed by atoms with E-state index in [4.69, 9.17) is 27.9 Å². The third kappa shape index (κ3) is 5.98. The molecule has 0 N–H and O–H groups in total. The summed E-state index contributed by atoms with van der Waals surface area (Å²) in [6.07, 6.45) is 5.04.